The van der Waals surface area contributed by atoms with E-state index in [9.17, 15) is 9.90 Å². The summed E-state index contributed by atoms with van der Waals surface area (Å²) < 4.78 is 4.98. The molecule has 7 atom stereocenters. The molecule has 3 nitrogen and oxygen atoms in total. The third-order valence-corrected chi connectivity index (χ3v) is 9.27. The van der Waals surface area contributed by atoms with Gasteiger partial charge in [-0.1, -0.05) is 40.0 Å². The van der Waals surface area contributed by atoms with Crippen molar-refractivity contribution in [1.82, 2.24) is 0 Å². The van der Waals surface area contributed by atoms with Crippen LogP contribution in [0.4, 0.5) is 0 Å². The van der Waals surface area contributed by atoms with Crippen molar-refractivity contribution in [3.05, 3.63) is 0 Å². The van der Waals surface area contributed by atoms with Crippen LogP contribution in [0.1, 0.15) is 97.8 Å². The van der Waals surface area contributed by atoms with E-state index in [0.717, 1.165) is 31.1 Å². The van der Waals surface area contributed by atoms with Gasteiger partial charge in [-0.05, 0) is 85.9 Å². The van der Waals surface area contributed by atoms with Crippen molar-refractivity contribution >= 4 is 5.97 Å². The van der Waals surface area contributed by atoms with Gasteiger partial charge in [-0.2, -0.15) is 0 Å². The lowest BCUT2D eigenvalue weighted by molar-refractivity contribution is -0.144. The first-order valence-corrected chi connectivity index (χ1v) is 11.6. The quantitative estimate of drug-likeness (QED) is 0.454. The molecule has 0 saturated heterocycles. The molecule has 3 saturated carbocycles. The van der Waals surface area contributed by atoms with Gasteiger partial charge in [0.2, 0.25) is 0 Å². The maximum Gasteiger partial charge on any atom is 0.305 e. The van der Waals surface area contributed by atoms with E-state index in [1.54, 1.807) is 0 Å². The zero-order valence-electron chi connectivity index (χ0n) is 18.1. The maximum atomic E-state index is 11.9. The number of hydrogen-bond acceptors (Lipinski definition) is 3. The van der Waals surface area contributed by atoms with Gasteiger partial charge in [0, 0.05) is 6.42 Å². The van der Waals surface area contributed by atoms with Gasteiger partial charge in [0.1, 0.15) is 0 Å². The highest BCUT2D eigenvalue weighted by atomic mass is 16.5. The van der Waals surface area contributed by atoms with Gasteiger partial charge >= 0.3 is 5.97 Å². The number of carbonyl (C=O) groups is 1. The van der Waals surface area contributed by atoms with Crippen molar-refractivity contribution in [2.24, 2.45) is 34.5 Å². The summed E-state index contributed by atoms with van der Waals surface area (Å²) in [6.07, 6.45) is 13.9. The summed E-state index contributed by atoms with van der Waals surface area (Å²) in [4.78, 5) is 11.9. The molecular formula is C24H42O3. The third-order valence-electron chi connectivity index (χ3n) is 9.27. The Kier molecular flexibility index (Phi) is 6.60. The number of methoxy groups -OCH3 is 1. The molecule has 7 unspecified atom stereocenters. The van der Waals surface area contributed by atoms with Gasteiger partial charge in [0.05, 0.1) is 13.2 Å². The second-order valence-electron chi connectivity index (χ2n) is 10.4. The van der Waals surface area contributed by atoms with Crippen LogP contribution >= 0.6 is 0 Å². The number of rotatable bonds is 7. The second kappa shape index (κ2) is 8.43. The zero-order chi connectivity index (χ0) is 19.7. The predicted molar refractivity (Wildman–Crippen MR) is 109 cm³/mol. The number of aliphatic hydroxyl groups is 1. The lowest BCUT2D eigenvalue weighted by atomic mass is 9.46. The predicted octanol–water partition coefficient (Wildman–Crippen LogP) is 5.74. The number of carbonyl (C=O) groups excluding carboxylic acids is 1. The van der Waals surface area contributed by atoms with Gasteiger partial charge in [0.25, 0.3) is 0 Å². The molecule has 0 aliphatic heterocycles. The van der Waals surface area contributed by atoms with Crippen LogP contribution in [0.25, 0.3) is 0 Å². The molecule has 0 aromatic heterocycles. The average Bonchev–Trinajstić information content (AvgIpc) is 2.97. The van der Waals surface area contributed by atoms with E-state index in [1.165, 1.54) is 58.5 Å². The summed E-state index contributed by atoms with van der Waals surface area (Å²) in [5.74, 6) is 2.82. The third kappa shape index (κ3) is 3.82. The minimum absolute atomic E-state index is 0.0532. The van der Waals surface area contributed by atoms with Crippen LogP contribution in [0.2, 0.25) is 0 Å². The highest BCUT2D eigenvalue weighted by Crippen LogP contribution is 2.65. The van der Waals surface area contributed by atoms with Gasteiger partial charge in [0.15, 0.2) is 0 Å². The van der Waals surface area contributed by atoms with E-state index in [-0.39, 0.29) is 22.9 Å². The topological polar surface area (TPSA) is 46.5 Å². The molecule has 0 bridgehead atoms. The van der Waals surface area contributed by atoms with E-state index in [4.69, 9.17) is 4.74 Å². The number of hydrogen-bond donors (Lipinski definition) is 1. The fraction of sp³-hybridized carbons (Fsp3) is 0.958. The fourth-order valence-corrected chi connectivity index (χ4v) is 7.49. The Morgan fingerprint density at radius 2 is 1.85 bits per heavy atom. The smallest absolute Gasteiger partial charge is 0.305 e. The van der Waals surface area contributed by atoms with Crippen LogP contribution in [-0.4, -0.2) is 24.3 Å². The van der Waals surface area contributed by atoms with E-state index in [2.05, 4.69) is 20.8 Å². The lowest BCUT2D eigenvalue weighted by Crippen LogP contribution is -2.52. The SMILES string of the molecule is CCCCCC1CCC2C3CCC(O)C3(C)CCC2C1(C)CCC(=O)OC. The van der Waals surface area contributed by atoms with Gasteiger partial charge in [-0.15, -0.1) is 0 Å². The second-order valence-corrected chi connectivity index (χ2v) is 10.4. The van der Waals surface area contributed by atoms with Gasteiger partial charge in [-0.25, -0.2) is 0 Å². The summed E-state index contributed by atoms with van der Waals surface area (Å²) in [6, 6.07) is 0. The Morgan fingerprint density at radius 3 is 2.56 bits per heavy atom. The minimum atomic E-state index is -0.105. The molecule has 1 N–H and O–H groups in total. The molecule has 156 valence electrons. The average molecular weight is 379 g/mol. The molecule has 3 aliphatic carbocycles. The molecule has 0 amide bonds. The molecule has 27 heavy (non-hydrogen) atoms. The maximum absolute atomic E-state index is 11.9. The van der Waals surface area contributed by atoms with Crippen molar-refractivity contribution in [3.8, 4) is 0 Å². The van der Waals surface area contributed by atoms with Crippen LogP contribution in [-0.2, 0) is 9.53 Å². The Hall–Kier alpha value is -0.570. The number of esters is 1. The van der Waals surface area contributed by atoms with Crippen molar-refractivity contribution in [3.63, 3.8) is 0 Å². The molecule has 3 aliphatic rings. The van der Waals surface area contributed by atoms with Crippen LogP contribution in [0.15, 0.2) is 0 Å². The number of aliphatic hydroxyl groups excluding tert-OH is 1. The van der Waals surface area contributed by atoms with E-state index < -0.39 is 0 Å². The van der Waals surface area contributed by atoms with Gasteiger partial charge in [-0.3, -0.25) is 4.79 Å². The molecule has 3 heteroatoms. The molecule has 0 spiro atoms. The Bertz CT molecular complexity index is 518. The molecule has 3 rings (SSSR count). The Labute approximate surface area is 166 Å². The summed E-state index contributed by atoms with van der Waals surface area (Å²) in [5.41, 5.74) is 0.388. The first kappa shape index (κ1) is 21.1. The monoisotopic (exact) mass is 378 g/mol. The van der Waals surface area contributed by atoms with Gasteiger partial charge < -0.3 is 9.84 Å². The Morgan fingerprint density at radius 1 is 1.07 bits per heavy atom. The standard InChI is InChI=1S/C24H42O3/c1-5-6-7-8-17-9-10-18-19-11-12-21(25)24(19,3)15-13-20(18)23(17,2)16-14-22(26)27-4/h17-21,25H,5-16H2,1-4H3. The van der Waals surface area contributed by atoms with Crippen molar-refractivity contribution in [2.45, 2.75) is 104 Å². The normalized spacial score (nSPS) is 43.8. The van der Waals surface area contributed by atoms with Crippen LogP contribution in [0.3, 0.4) is 0 Å². The van der Waals surface area contributed by atoms with E-state index in [0.29, 0.717) is 18.3 Å². The molecule has 0 radical (unpaired) electrons. The molecule has 0 aromatic rings. The summed E-state index contributed by atoms with van der Waals surface area (Å²) in [6.45, 7) is 7.13. The highest BCUT2D eigenvalue weighted by molar-refractivity contribution is 5.69. The van der Waals surface area contributed by atoms with Crippen molar-refractivity contribution < 1.29 is 14.6 Å². The van der Waals surface area contributed by atoms with Crippen molar-refractivity contribution in [2.75, 3.05) is 7.11 Å². The zero-order valence-corrected chi connectivity index (χ0v) is 18.1. The first-order valence-electron chi connectivity index (χ1n) is 11.6. The molecular weight excluding hydrogens is 336 g/mol. The number of unbranched alkanes of at least 4 members (excludes halogenated alkanes) is 2. The lowest BCUT2D eigenvalue weighted by Gasteiger charge is -2.59. The first-order chi connectivity index (χ1) is 12.9. The Balaban J connectivity index is 1.80. The largest absolute Gasteiger partial charge is 0.469 e. The van der Waals surface area contributed by atoms with E-state index in [1.807, 2.05) is 0 Å². The summed E-state index contributed by atoms with van der Waals surface area (Å²) >= 11 is 0. The number of ether oxygens (including phenoxy) is 1. The van der Waals surface area contributed by atoms with Crippen molar-refractivity contribution in [1.29, 1.82) is 0 Å². The van der Waals surface area contributed by atoms with Crippen LogP contribution in [0, 0.1) is 34.5 Å². The minimum Gasteiger partial charge on any atom is -0.469 e. The summed E-state index contributed by atoms with van der Waals surface area (Å²) in [7, 11) is 1.51. The molecule has 3 fully saturated rings. The highest BCUT2D eigenvalue weighted by Gasteiger charge is 2.59. The number of fused-ring (bicyclic) bond motifs is 3. The molecule has 0 heterocycles. The fourth-order valence-electron chi connectivity index (χ4n) is 7.49. The molecule has 0 aromatic carbocycles. The van der Waals surface area contributed by atoms with E-state index >= 15 is 0 Å². The van der Waals surface area contributed by atoms with Crippen LogP contribution < -0.4 is 0 Å². The summed E-state index contributed by atoms with van der Waals surface area (Å²) in [5, 5.41) is 10.6. The van der Waals surface area contributed by atoms with Crippen LogP contribution in [0.5, 0.6) is 0 Å².